The van der Waals surface area contributed by atoms with Gasteiger partial charge in [0.1, 0.15) is 6.04 Å². The molecule has 0 aromatic heterocycles. The quantitative estimate of drug-likeness (QED) is 0.646. The number of carboxylic acid groups (broad SMARTS) is 1. The molecule has 0 radical (unpaired) electrons. The molecule has 1 amide bonds. The zero-order valence-electron chi connectivity index (χ0n) is 9.53. The van der Waals surface area contributed by atoms with E-state index in [4.69, 9.17) is 5.11 Å². The molecule has 0 bridgehead atoms. The Labute approximate surface area is 99.4 Å². The molecule has 3 N–H and O–H groups in total. The lowest BCUT2D eigenvalue weighted by Crippen LogP contribution is -2.54. The first kappa shape index (κ1) is 13.3. The molecule has 1 aliphatic rings. The highest BCUT2D eigenvalue weighted by Crippen LogP contribution is 2.09. The first-order valence-corrected chi connectivity index (χ1v) is 6.52. The summed E-state index contributed by atoms with van der Waals surface area (Å²) >= 11 is 1.70. The summed E-state index contributed by atoms with van der Waals surface area (Å²) in [5.41, 5.74) is 0. The Morgan fingerprint density at radius 1 is 1.50 bits per heavy atom. The molecule has 0 aromatic rings. The number of amides is 1. The van der Waals surface area contributed by atoms with Gasteiger partial charge in [0.2, 0.25) is 5.91 Å². The first-order valence-electron chi connectivity index (χ1n) is 5.36. The van der Waals surface area contributed by atoms with E-state index < -0.39 is 12.0 Å². The van der Waals surface area contributed by atoms with Crippen LogP contribution in [0, 0.1) is 5.92 Å². The van der Waals surface area contributed by atoms with Crippen LogP contribution in [0.4, 0.5) is 0 Å². The molecule has 2 atom stereocenters. The molecule has 0 saturated carbocycles. The van der Waals surface area contributed by atoms with E-state index in [0.717, 1.165) is 12.3 Å². The maximum Gasteiger partial charge on any atom is 0.326 e. The van der Waals surface area contributed by atoms with Crippen molar-refractivity contribution in [2.45, 2.75) is 25.9 Å². The Morgan fingerprint density at radius 2 is 2.19 bits per heavy atom. The molecule has 16 heavy (non-hydrogen) atoms. The number of nitrogens with one attached hydrogen (secondary N) is 2. The molecule has 1 fully saturated rings. The van der Waals surface area contributed by atoms with Crippen LogP contribution in [-0.2, 0) is 9.59 Å². The van der Waals surface area contributed by atoms with E-state index in [1.807, 2.05) is 0 Å². The zero-order chi connectivity index (χ0) is 12.1. The number of hydrogen-bond acceptors (Lipinski definition) is 4. The Balaban J connectivity index is 2.50. The summed E-state index contributed by atoms with van der Waals surface area (Å²) in [6.07, 6.45) is 0. The number of carboxylic acids is 1. The molecule has 5 nitrogen and oxygen atoms in total. The third-order valence-electron chi connectivity index (χ3n) is 2.47. The Bertz CT molecular complexity index is 265. The summed E-state index contributed by atoms with van der Waals surface area (Å²) in [7, 11) is 0. The second-order valence-electron chi connectivity index (χ2n) is 4.15. The van der Waals surface area contributed by atoms with Gasteiger partial charge >= 0.3 is 5.97 Å². The minimum absolute atomic E-state index is 0.113. The maximum atomic E-state index is 11.8. The third-order valence-corrected chi connectivity index (χ3v) is 3.53. The number of thioether (sulfide) groups is 1. The highest BCUT2D eigenvalue weighted by Gasteiger charge is 2.28. The SMILES string of the molecule is CC(C)[C@@H](NC(=O)C1CSCCN1)C(=O)O. The van der Waals surface area contributed by atoms with Crippen molar-refractivity contribution in [1.29, 1.82) is 0 Å². The number of aliphatic carboxylic acids is 1. The first-order chi connectivity index (χ1) is 7.52. The normalized spacial score (nSPS) is 22.8. The van der Waals surface area contributed by atoms with Crippen molar-refractivity contribution in [2.75, 3.05) is 18.1 Å². The van der Waals surface area contributed by atoms with Crippen LogP contribution in [0.5, 0.6) is 0 Å². The van der Waals surface area contributed by atoms with Gasteiger partial charge in [0.25, 0.3) is 0 Å². The third kappa shape index (κ3) is 3.68. The lowest BCUT2D eigenvalue weighted by Gasteiger charge is -2.25. The maximum absolute atomic E-state index is 11.8. The molecule has 0 spiro atoms. The fourth-order valence-electron chi connectivity index (χ4n) is 1.50. The lowest BCUT2D eigenvalue weighted by atomic mass is 10.0. The van der Waals surface area contributed by atoms with Crippen LogP contribution in [0.15, 0.2) is 0 Å². The summed E-state index contributed by atoms with van der Waals surface area (Å²) in [5.74, 6) is 0.393. The minimum Gasteiger partial charge on any atom is -0.480 e. The van der Waals surface area contributed by atoms with Crippen LogP contribution in [-0.4, -0.2) is 47.1 Å². The molecule has 92 valence electrons. The highest BCUT2D eigenvalue weighted by atomic mass is 32.2. The Morgan fingerprint density at radius 3 is 2.62 bits per heavy atom. The summed E-state index contributed by atoms with van der Waals surface area (Å²) in [6, 6.07) is -1.07. The summed E-state index contributed by atoms with van der Waals surface area (Å²) in [5, 5.41) is 14.6. The van der Waals surface area contributed by atoms with Crippen molar-refractivity contribution >= 4 is 23.6 Å². The molecular weight excluding hydrogens is 228 g/mol. The van der Waals surface area contributed by atoms with Crippen LogP contribution in [0.25, 0.3) is 0 Å². The van der Waals surface area contributed by atoms with Gasteiger partial charge < -0.3 is 15.7 Å². The summed E-state index contributed by atoms with van der Waals surface area (Å²) in [4.78, 5) is 22.7. The van der Waals surface area contributed by atoms with Gasteiger partial charge in [0, 0.05) is 18.1 Å². The Kier molecular flexibility index (Phi) is 5.08. The van der Waals surface area contributed by atoms with E-state index in [-0.39, 0.29) is 17.9 Å². The van der Waals surface area contributed by atoms with E-state index in [0.29, 0.717) is 5.75 Å². The van der Waals surface area contributed by atoms with Crippen LogP contribution < -0.4 is 10.6 Å². The average molecular weight is 246 g/mol. The van der Waals surface area contributed by atoms with Crippen LogP contribution in [0.1, 0.15) is 13.8 Å². The highest BCUT2D eigenvalue weighted by molar-refractivity contribution is 7.99. The molecule has 1 unspecified atom stereocenters. The number of carbonyl (C=O) groups excluding carboxylic acids is 1. The molecule has 1 rings (SSSR count). The smallest absolute Gasteiger partial charge is 0.326 e. The van der Waals surface area contributed by atoms with Crippen molar-refractivity contribution in [1.82, 2.24) is 10.6 Å². The van der Waals surface area contributed by atoms with Gasteiger partial charge in [0.05, 0.1) is 6.04 Å². The fourth-order valence-corrected chi connectivity index (χ4v) is 2.44. The zero-order valence-corrected chi connectivity index (χ0v) is 10.3. The van der Waals surface area contributed by atoms with Gasteiger partial charge in [-0.05, 0) is 5.92 Å². The largest absolute Gasteiger partial charge is 0.480 e. The van der Waals surface area contributed by atoms with Crippen molar-refractivity contribution in [3.8, 4) is 0 Å². The van der Waals surface area contributed by atoms with Crippen molar-refractivity contribution in [2.24, 2.45) is 5.92 Å². The van der Waals surface area contributed by atoms with Gasteiger partial charge in [-0.1, -0.05) is 13.8 Å². The van der Waals surface area contributed by atoms with Crippen LogP contribution in [0.2, 0.25) is 0 Å². The number of rotatable bonds is 4. The molecule has 1 heterocycles. The number of hydrogen-bond donors (Lipinski definition) is 3. The van der Waals surface area contributed by atoms with Crippen molar-refractivity contribution in [3.63, 3.8) is 0 Å². The monoisotopic (exact) mass is 246 g/mol. The summed E-state index contributed by atoms with van der Waals surface area (Å²) < 4.78 is 0. The minimum atomic E-state index is -0.980. The topological polar surface area (TPSA) is 78.4 Å². The van der Waals surface area contributed by atoms with E-state index in [9.17, 15) is 9.59 Å². The van der Waals surface area contributed by atoms with Gasteiger partial charge in [-0.3, -0.25) is 4.79 Å². The summed E-state index contributed by atoms with van der Waals surface area (Å²) in [6.45, 7) is 4.35. The lowest BCUT2D eigenvalue weighted by molar-refractivity contribution is -0.143. The molecular formula is C10H18N2O3S. The second kappa shape index (κ2) is 6.10. The van der Waals surface area contributed by atoms with Gasteiger partial charge in [0.15, 0.2) is 0 Å². The second-order valence-corrected chi connectivity index (χ2v) is 5.30. The van der Waals surface area contributed by atoms with Gasteiger partial charge in [-0.15, -0.1) is 0 Å². The fraction of sp³-hybridized carbons (Fsp3) is 0.800. The van der Waals surface area contributed by atoms with E-state index in [1.165, 1.54) is 0 Å². The molecule has 1 saturated heterocycles. The van der Waals surface area contributed by atoms with Gasteiger partial charge in [-0.25, -0.2) is 4.79 Å². The van der Waals surface area contributed by atoms with Crippen LogP contribution >= 0.6 is 11.8 Å². The standard InChI is InChI=1S/C10H18N2O3S/c1-6(2)8(10(14)15)12-9(13)7-5-16-4-3-11-7/h6-8,11H,3-5H2,1-2H3,(H,12,13)(H,14,15)/t7?,8-/m1/s1. The van der Waals surface area contributed by atoms with E-state index in [2.05, 4.69) is 10.6 Å². The Hall–Kier alpha value is -0.750. The number of carbonyl (C=O) groups is 2. The molecule has 6 heteroatoms. The van der Waals surface area contributed by atoms with Crippen molar-refractivity contribution in [3.05, 3.63) is 0 Å². The van der Waals surface area contributed by atoms with E-state index in [1.54, 1.807) is 25.6 Å². The predicted molar refractivity (Wildman–Crippen MR) is 63.5 cm³/mol. The molecule has 0 aliphatic carbocycles. The van der Waals surface area contributed by atoms with Crippen LogP contribution in [0.3, 0.4) is 0 Å². The molecule has 0 aromatic carbocycles. The average Bonchev–Trinajstić information content (AvgIpc) is 2.25. The van der Waals surface area contributed by atoms with E-state index >= 15 is 0 Å². The van der Waals surface area contributed by atoms with Gasteiger partial charge in [-0.2, -0.15) is 11.8 Å². The van der Waals surface area contributed by atoms with Crippen molar-refractivity contribution < 1.29 is 14.7 Å². The molecule has 1 aliphatic heterocycles. The predicted octanol–water partition coefficient (Wildman–Crippen LogP) is -0.0832.